The Morgan fingerprint density at radius 3 is 2.17 bits per heavy atom. The fraction of sp³-hybridized carbons (Fsp3) is 0.357. The number of hydrogen-bond acceptors (Lipinski definition) is 4. The maximum absolute atomic E-state index is 13.1. The van der Waals surface area contributed by atoms with Crippen molar-refractivity contribution in [1.29, 1.82) is 0 Å². The fourth-order valence-electron chi connectivity index (χ4n) is 1.99. The molecule has 24 heavy (non-hydrogen) atoms. The number of halogens is 4. The molecule has 0 saturated heterocycles. The van der Waals surface area contributed by atoms with Gasteiger partial charge in [0, 0.05) is 10.5 Å². The van der Waals surface area contributed by atoms with Crippen molar-refractivity contribution in [3.05, 3.63) is 40.5 Å². The van der Waals surface area contributed by atoms with E-state index in [2.05, 4.69) is 21.0 Å². The largest absolute Gasteiger partial charge is 0.435 e. The summed E-state index contributed by atoms with van der Waals surface area (Å²) in [6.45, 7) is 3.20. The van der Waals surface area contributed by atoms with Crippen LogP contribution < -0.4 is 5.44 Å². The highest BCUT2D eigenvalue weighted by Crippen LogP contribution is 2.48. The van der Waals surface area contributed by atoms with Gasteiger partial charge in [0.15, 0.2) is 11.1 Å². The minimum Gasteiger partial charge on any atom is -0.304 e. The lowest BCUT2D eigenvalue weighted by Crippen LogP contribution is -2.20. The van der Waals surface area contributed by atoms with E-state index in [1.165, 1.54) is 0 Å². The van der Waals surface area contributed by atoms with Crippen LogP contribution in [0.15, 0.2) is 34.8 Å². The second-order valence-corrected chi connectivity index (χ2v) is 7.49. The van der Waals surface area contributed by atoms with Crippen molar-refractivity contribution in [2.24, 2.45) is 0 Å². The summed E-state index contributed by atoms with van der Waals surface area (Å²) in [6.07, 6.45) is -4.68. The third kappa shape index (κ3) is 4.08. The summed E-state index contributed by atoms with van der Waals surface area (Å²) in [4.78, 5) is 0. The van der Waals surface area contributed by atoms with Gasteiger partial charge in [0.1, 0.15) is 0 Å². The van der Waals surface area contributed by atoms with E-state index in [1.807, 2.05) is 0 Å². The van der Waals surface area contributed by atoms with Crippen LogP contribution in [-0.2, 0) is 19.8 Å². The van der Waals surface area contributed by atoms with Crippen LogP contribution >= 0.6 is 23.5 Å². The average molecular weight is 427 g/mol. The van der Waals surface area contributed by atoms with Gasteiger partial charge in [-0.15, -0.1) is 0 Å². The summed E-state index contributed by atoms with van der Waals surface area (Å²) >= 11 is 3.25. The van der Waals surface area contributed by atoms with E-state index < -0.39 is 19.5 Å². The zero-order valence-electron chi connectivity index (χ0n) is 12.9. The Morgan fingerprint density at radius 2 is 1.71 bits per heavy atom. The second-order valence-electron chi connectivity index (χ2n) is 4.61. The molecular formula is C14H15BrF3N2O3P. The molecule has 1 heterocycles. The van der Waals surface area contributed by atoms with Crippen LogP contribution in [0.3, 0.4) is 0 Å². The van der Waals surface area contributed by atoms with Crippen LogP contribution in [0, 0.1) is 0 Å². The standard InChI is InChI=1S/C14H15BrF3N2O3P/c1-3-22-24(21,23-4-2)13-9-12(14(16,17)18)19-20(13)11-7-5-10(15)6-8-11/h5-9H,3-4H2,1-2H3. The maximum Gasteiger partial charge on any atom is 0.435 e. The third-order valence-electron chi connectivity index (χ3n) is 2.93. The smallest absolute Gasteiger partial charge is 0.304 e. The maximum atomic E-state index is 13.1. The van der Waals surface area contributed by atoms with Gasteiger partial charge in [-0.3, -0.25) is 4.57 Å². The molecule has 0 aliphatic rings. The zero-order chi connectivity index (χ0) is 18.0. The molecule has 0 amide bonds. The average Bonchev–Trinajstić information content (AvgIpc) is 2.94. The van der Waals surface area contributed by atoms with Gasteiger partial charge in [-0.25, -0.2) is 4.68 Å². The molecule has 0 unspecified atom stereocenters. The Morgan fingerprint density at radius 1 is 1.17 bits per heavy atom. The number of rotatable bonds is 6. The van der Waals surface area contributed by atoms with Gasteiger partial charge in [0.25, 0.3) is 0 Å². The fourth-order valence-corrected chi connectivity index (χ4v) is 3.94. The van der Waals surface area contributed by atoms with Crippen molar-refractivity contribution < 1.29 is 26.8 Å². The number of hydrogen-bond donors (Lipinski definition) is 0. The first-order chi connectivity index (χ1) is 11.2. The van der Waals surface area contributed by atoms with Crippen molar-refractivity contribution in [3.63, 3.8) is 0 Å². The van der Waals surface area contributed by atoms with Gasteiger partial charge in [0.05, 0.1) is 18.9 Å². The highest BCUT2D eigenvalue weighted by atomic mass is 79.9. The monoisotopic (exact) mass is 426 g/mol. The summed E-state index contributed by atoms with van der Waals surface area (Å²) in [6, 6.07) is 7.07. The van der Waals surface area contributed by atoms with Gasteiger partial charge >= 0.3 is 13.8 Å². The highest BCUT2D eigenvalue weighted by Gasteiger charge is 2.40. The van der Waals surface area contributed by atoms with Gasteiger partial charge in [-0.05, 0) is 38.1 Å². The molecule has 0 radical (unpaired) electrons. The first kappa shape index (κ1) is 19.2. The molecule has 1 aromatic heterocycles. The van der Waals surface area contributed by atoms with E-state index in [0.29, 0.717) is 11.8 Å². The minimum atomic E-state index is -4.68. The third-order valence-corrected chi connectivity index (χ3v) is 5.54. The zero-order valence-corrected chi connectivity index (χ0v) is 15.4. The highest BCUT2D eigenvalue weighted by molar-refractivity contribution is 9.10. The summed E-state index contributed by atoms with van der Waals surface area (Å²) in [5.41, 5.74) is -1.12. The predicted octanol–water partition coefficient (Wildman–Crippen LogP) is 4.55. The van der Waals surface area contributed by atoms with Crippen LogP contribution in [-0.4, -0.2) is 23.0 Å². The summed E-state index contributed by atoms with van der Waals surface area (Å²) in [5, 5.41) is 3.56. The van der Waals surface area contributed by atoms with E-state index in [-0.39, 0.29) is 18.6 Å². The summed E-state index contributed by atoms with van der Waals surface area (Å²) in [7, 11) is -3.95. The normalized spacial score (nSPS) is 12.6. The van der Waals surface area contributed by atoms with E-state index in [0.717, 1.165) is 9.15 Å². The molecule has 132 valence electrons. The van der Waals surface area contributed by atoms with Crippen molar-refractivity contribution in [1.82, 2.24) is 9.78 Å². The topological polar surface area (TPSA) is 53.4 Å². The number of alkyl halides is 3. The molecule has 1 aromatic carbocycles. The van der Waals surface area contributed by atoms with E-state index in [4.69, 9.17) is 9.05 Å². The van der Waals surface area contributed by atoms with Gasteiger partial charge in [-0.1, -0.05) is 15.9 Å². The number of aromatic nitrogens is 2. The van der Waals surface area contributed by atoms with Crippen molar-refractivity contribution in [2.45, 2.75) is 20.0 Å². The lowest BCUT2D eigenvalue weighted by atomic mass is 10.3. The molecule has 0 aliphatic heterocycles. The predicted molar refractivity (Wildman–Crippen MR) is 86.8 cm³/mol. The minimum absolute atomic E-state index is 0.0180. The van der Waals surface area contributed by atoms with E-state index >= 15 is 0 Å². The van der Waals surface area contributed by atoms with Crippen molar-refractivity contribution in [3.8, 4) is 5.69 Å². The molecule has 2 rings (SSSR count). The van der Waals surface area contributed by atoms with Gasteiger partial charge in [0.2, 0.25) is 0 Å². The molecular weight excluding hydrogens is 412 g/mol. The van der Waals surface area contributed by atoms with E-state index in [1.54, 1.807) is 38.1 Å². The first-order valence-electron chi connectivity index (χ1n) is 7.04. The molecule has 0 fully saturated rings. The molecule has 0 aliphatic carbocycles. The lowest BCUT2D eigenvalue weighted by Gasteiger charge is -2.18. The Hall–Kier alpha value is -1.15. The number of nitrogens with zero attached hydrogens (tertiary/aromatic N) is 2. The Kier molecular flexibility index (Phi) is 5.91. The van der Waals surface area contributed by atoms with Crippen LogP contribution in [0.1, 0.15) is 19.5 Å². The molecule has 0 spiro atoms. The van der Waals surface area contributed by atoms with Crippen LogP contribution in [0.4, 0.5) is 13.2 Å². The Balaban J connectivity index is 2.66. The molecule has 0 atom stereocenters. The van der Waals surface area contributed by atoms with Gasteiger partial charge < -0.3 is 9.05 Å². The molecule has 0 N–H and O–H groups in total. The second kappa shape index (κ2) is 7.39. The van der Waals surface area contributed by atoms with Gasteiger partial charge in [-0.2, -0.15) is 18.3 Å². The SMILES string of the molecule is CCOP(=O)(OCC)c1cc(C(F)(F)F)nn1-c1ccc(Br)cc1. The van der Waals surface area contributed by atoms with Crippen LogP contribution in [0.5, 0.6) is 0 Å². The Labute approximate surface area is 145 Å². The van der Waals surface area contributed by atoms with Crippen LogP contribution in [0.2, 0.25) is 0 Å². The number of benzene rings is 1. The van der Waals surface area contributed by atoms with E-state index in [9.17, 15) is 17.7 Å². The van der Waals surface area contributed by atoms with Crippen molar-refractivity contribution in [2.75, 3.05) is 13.2 Å². The molecule has 0 saturated carbocycles. The quantitative estimate of drug-likeness (QED) is 0.636. The van der Waals surface area contributed by atoms with Crippen LogP contribution in [0.25, 0.3) is 5.69 Å². The Bertz CT molecular complexity index is 737. The summed E-state index contributed by atoms with van der Waals surface area (Å²) in [5.74, 6) is 0. The first-order valence-corrected chi connectivity index (χ1v) is 9.37. The molecule has 5 nitrogen and oxygen atoms in total. The lowest BCUT2D eigenvalue weighted by molar-refractivity contribution is -0.141. The molecule has 2 aromatic rings. The molecule has 10 heteroatoms. The molecule has 0 bridgehead atoms. The van der Waals surface area contributed by atoms with Crippen molar-refractivity contribution >= 4 is 29.0 Å². The summed E-state index contributed by atoms with van der Waals surface area (Å²) < 4.78 is 64.2.